The van der Waals surface area contributed by atoms with Gasteiger partial charge in [0.15, 0.2) is 11.5 Å². The van der Waals surface area contributed by atoms with Crippen LogP contribution in [0.3, 0.4) is 0 Å². The maximum atomic E-state index is 5.74. The van der Waals surface area contributed by atoms with Crippen LogP contribution in [0, 0.1) is 6.92 Å². The summed E-state index contributed by atoms with van der Waals surface area (Å²) in [6, 6.07) is 11.5. The molecule has 0 fully saturated rings. The van der Waals surface area contributed by atoms with Crippen molar-refractivity contribution in [3.63, 3.8) is 0 Å². The summed E-state index contributed by atoms with van der Waals surface area (Å²) in [5.41, 5.74) is 9.54. The van der Waals surface area contributed by atoms with Crippen LogP contribution in [-0.4, -0.2) is 14.2 Å². The molecule has 2 rings (SSSR count). The van der Waals surface area contributed by atoms with Gasteiger partial charge in [-0.3, -0.25) is 0 Å². The molecule has 0 aliphatic heterocycles. The number of aryl methyl sites for hydroxylation is 1. The Morgan fingerprint density at radius 2 is 1.68 bits per heavy atom. The topological polar surface area (TPSA) is 56.5 Å². The van der Waals surface area contributed by atoms with Gasteiger partial charge < -0.3 is 20.5 Å². The van der Waals surface area contributed by atoms with Crippen LogP contribution in [0.1, 0.15) is 5.56 Å². The lowest BCUT2D eigenvalue weighted by Gasteiger charge is -2.13. The lowest BCUT2D eigenvalue weighted by atomic mass is 10.1. The van der Waals surface area contributed by atoms with Gasteiger partial charge in [-0.15, -0.1) is 0 Å². The molecular weight excluding hydrogens is 240 g/mol. The van der Waals surface area contributed by atoms with Gasteiger partial charge in [-0.2, -0.15) is 0 Å². The number of rotatable bonds is 4. The fourth-order valence-corrected chi connectivity index (χ4v) is 1.90. The molecule has 4 nitrogen and oxygen atoms in total. The van der Waals surface area contributed by atoms with Crippen LogP contribution in [0.15, 0.2) is 36.4 Å². The molecule has 3 N–H and O–H groups in total. The van der Waals surface area contributed by atoms with Gasteiger partial charge in [-0.05, 0) is 42.8 Å². The Bertz CT molecular complexity index is 582. The highest BCUT2D eigenvalue weighted by atomic mass is 16.5. The van der Waals surface area contributed by atoms with Crippen LogP contribution >= 0.6 is 0 Å². The summed E-state index contributed by atoms with van der Waals surface area (Å²) in [4.78, 5) is 0. The Labute approximate surface area is 113 Å². The molecule has 19 heavy (non-hydrogen) atoms. The number of methoxy groups -OCH3 is 2. The molecule has 0 heterocycles. The van der Waals surface area contributed by atoms with Crippen LogP contribution in [-0.2, 0) is 0 Å². The highest BCUT2D eigenvalue weighted by Gasteiger charge is 2.05. The number of anilines is 3. The second-order valence-electron chi connectivity index (χ2n) is 4.27. The molecule has 0 radical (unpaired) electrons. The Morgan fingerprint density at radius 3 is 2.32 bits per heavy atom. The summed E-state index contributed by atoms with van der Waals surface area (Å²) in [6.07, 6.45) is 0. The lowest BCUT2D eigenvalue weighted by Crippen LogP contribution is -1.96. The van der Waals surface area contributed by atoms with Crippen molar-refractivity contribution < 1.29 is 9.47 Å². The third-order valence-corrected chi connectivity index (χ3v) is 2.91. The minimum Gasteiger partial charge on any atom is -0.493 e. The minimum atomic E-state index is 0.695. The highest BCUT2D eigenvalue weighted by Crippen LogP contribution is 2.31. The average molecular weight is 258 g/mol. The predicted molar refractivity (Wildman–Crippen MR) is 78.4 cm³/mol. The number of benzene rings is 2. The first-order chi connectivity index (χ1) is 9.13. The number of hydrogen-bond acceptors (Lipinski definition) is 4. The first kappa shape index (κ1) is 13.1. The number of ether oxygens (including phenoxy) is 2. The van der Waals surface area contributed by atoms with E-state index in [1.54, 1.807) is 14.2 Å². The summed E-state index contributed by atoms with van der Waals surface area (Å²) < 4.78 is 10.5. The van der Waals surface area contributed by atoms with Crippen LogP contribution in [0.5, 0.6) is 11.5 Å². The quantitative estimate of drug-likeness (QED) is 0.826. The van der Waals surface area contributed by atoms with E-state index in [-0.39, 0.29) is 0 Å². The Balaban J connectivity index is 2.28. The summed E-state index contributed by atoms with van der Waals surface area (Å²) in [5, 5.41) is 3.33. The molecule has 0 amide bonds. The van der Waals surface area contributed by atoms with E-state index in [4.69, 9.17) is 15.2 Å². The molecule has 100 valence electrons. The normalized spacial score (nSPS) is 10.1. The maximum absolute atomic E-state index is 5.74. The van der Waals surface area contributed by atoms with E-state index in [9.17, 15) is 0 Å². The number of nitrogens with two attached hydrogens (primary N) is 1. The Hall–Kier alpha value is -2.36. The first-order valence-corrected chi connectivity index (χ1v) is 5.99. The number of nitrogen functional groups attached to an aromatic ring is 1. The molecule has 0 atom stereocenters. The van der Waals surface area contributed by atoms with E-state index < -0.39 is 0 Å². The second-order valence-corrected chi connectivity index (χ2v) is 4.27. The predicted octanol–water partition coefficient (Wildman–Crippen LogP) is 3.34. The van der Waals surface area contributed by atoms with Crippen molar-refractivity contribution in [3.05, 3.63) is 42.0 Å². The zero-order valence-electron chi connectivity index (χ0n) is 11.4. The minimum absolute atomic E-state index is 0.695. The number of nitrogens with one attached hydrogen (secondary N) is 1. The molecular formula is C15H18N2O2. The van der Waals surface area contributed by atoms with E-state index in [2.05, 4.69) is 5.32 Å². The summed E-state index contributed by atoms with van der Waals surface area (Å²) in [7, 11) is 3.24. The van der Waals surface area contributed by atoms with Gasteiger partial charge in [-0.25, -0.2) is 0 Å². The number of hydrogen-bond donors (Lipinski definition) is 2. The molecule has 2 aromatic carbocycles. The SMILES string of the molecule is COc1ccc(Nc2ccc(N)cc2C)cc1OC. The monoisotopic (exact) mass is 258 g/mol. The summed E-state index contributed by atoms with van der Waals surface area (Å²) >= 11 is 0. The fraction of sp³-hybridized carbons (Fsp3) is 0.200. The summed E-state index contributed by atoms with van der Waals surface area (Å²) in [5.74, 6) is 1.41. The molecule has 0 saturated heterocycles. The zero-order chi connectivity index (χ0) is 13.8. The van der Waals surface area contributed by atoms with E-state index in [0.717, 1.165) is 22.6 Å². The lowest BCUT2D eigenvalue weighted by molar-refractivity contribution is 0.355. The van der Waals surface area contributed by atoms with Crippen molar-refractivity contribution in [1.29, 1.82) is 0 Å². The molecule has 0 aliphatic carbocycles. The molecule has 0 spiro atoms. The summed E-state index contributed by atoms with van der Waals surface area (Å²) in [6.45, 7) is 2.01. The van der Waals surface area contributed by atoms with Crippen LogP contribution in [0.2, 0.25) is 0 Å². The van der Waals surface area contributed by atoms with Gasteiger partial charge in [0.25, 0.3) is 0 Å². The van der Waals surface area contributed by atoms with E-state index in [1.807, 2.05) is 43.3 Å². The van der Waals surface area contributed by atoms with Gasteiger partial charge >= 0.3 is 0 Å². The Kier molecular flexibility index (Phi) is 3.80. The van der Waals surface area contributed by atoms with Crippen LogP contribution in [0.4, 0.5) is 17.1 Å². The molecule has 0 unspecified atom stereocenters. The maximum Gasteiger partial charge on any atom is 0.162 e. The van der Waals surface area contributed by atoms with Gasteiger partial charge in [0, 0.05) is 23.1 Å². The largest absolute Gasteiger partial charge is 0.493 e. The van der Waals surface area contributed by atoms with Gasteiger partial charge in [0.05, 0.1) is 14.2 Å². The van der Waals surface area contributed by atoms with E-state index in [1.165, 1.54) is 0 Å². The Morgan fingerprint density at radius 1 is 0.947 bits per heavy atom. The average Bonchev–Trinajstić information content (AvgIpc) is 2.41. The van der Waals surface area contributed by atoms with Crippen molar-refractivity contribution in [2.45, 2.75) is 6.92 Å². The van der Waals surface area contributed by atoms with Crippen molar-refractivity contribution in [3.8, 4) is 11.5 Å². The molecule has 0 saturated carbocycles. The zero-order valence-corrected chi connectivity index (χ0v) is 11.4. The van der Waals surface area contributed by atoms with Crippen molar-refractivity contribution in [2.75, 3.05) is 25.3 Å². The van der Waals surface area contributed by atoms with Crippen molar-refractivity contribution in [1.82, 2.24) is 0 Å². The standard InChI is InChI=1S/C15H18N2O2/c1-10-8-11(16)4-6-13(10)17-12-5-7-14(18-2)15(9-12)19-3/h4-9,17H,16H2,1-3H3. The fourth-order valence-electron chi connectivity index (χ4n) is 1.90. The molecule has 2 aromatic rings. The smallest absolute Gasteiger partial charge is 0.162 e. The molecule has 4 heteroatoms. The van der Waals surface area contributed by atoms with Crippen molar-refractivity contribution >= 4 is 17.1 Å². The van der Waals surface area contributed by atoms with Gasteiger partial charge in [-0.1, -0.05) is 0 Å². The van der Waals surface area contributed by atoms with E-state index in [0.29, 0.717) is 11.5 Å². The molecule has 0 aromatic heterocycles. The first-order valence-electron chi connectivity index (χ1n) is 5.99. The van der Waals surface area contributed by atoms with Gasteiger partial charge in [0.2, 0.25) is 0 Å². The van der Waals surface area contributed by atoms with Crippen LogP contribution < -0.4 is 20.5 Å². The van der Waals surface area contributed by atoms with Crippen molar-refractivity contribution in [2.24, 2.45) is 0 Å². The van der Waals surface area contributed by atoms with E-state index >= 15 is 0 Å². The molecule has 0 aliphatic rings. The van der Waals surface area contributed by atoms with Crippen LogP contribution in [0.25, 0.3) is 0 Å². The third kappa shape index (κ3) is 2.91. The second kappa shape index (κ2) is 5.52. The van der Waals surface area contributed by atoms with Gasteiger partial charge in [0.1, 0.15) is 0 Å². The molecule has 0 bridgehead atoms. The third-order valence-electron chi connectivity index (χ3n) is 2.91. The highest BCUT2D eigenvalue weighted by molar-refractivity contribution is 5.67.